The smallest absolute Gasteiger partial charge is 0.211 e. The normalized spacial score (nSPS) is 24.8. The Hall–Kier alpha value is 0.200. The summed E-state index contributed by atoms with van der Waals surface area (Å²) in [5.41, 5.74) is 0.265. The summed E-state index contributed by atoms with van der Waals surface area (Å²) in [6, 6.07) is 0.125. The van der Waals surface area contributed by atoms with Gasteiger partial charge in [-0.25, -0.2) is 13.1 Å². The summed E-state index contributed by atoms with van der Waals surface area (Å²) in [6.45, 7) is 4.42. The van der Waals surface area contributed by atoms with Crippen molar-refractivity contribution in [2.45, 2.75) is 58.4 Å². The standard InChI is InChI=1S/C12H24ClNO2S/c1-12(2)7-5-6-11(10-12)14-17(15,16)9-4-3-8-13/h11,14H,3-10H2,1-2H3. The molecule has 0 amide bonds. The van der Waals surface area contributed by atoms with Crippen molar-refractivity contribution in [3.63, 3.8) is 0 Å². The number of alkyl halides is 1. The molecule has 3 nitrogen and oxygen atoms in total. The van der Waals surface area contributed by atoms with E-state index in [0.29, 0.717) is 12.3 Å². The van der Waals surface area contributed by atoms with E-state index in [1.165, 1.54) is 6.42 Å². The van der Waals surface area contributed by atoms with Crippen LogP contribution in [0.5, 0.6) is 0 Å². The molecule has 102 valence electrons. The second-order valence-electron chi connectivity index (χ2n) is 5.79. The molecule has 0 saturated heterocycles. The zero-order chi connectivity index (χ0) is 12.9. The van der Waals surface area contributed by atoms with Crippen LogP contribution in [-0.2, 0) is 10.0 Å². The number of unbranched alkanes of at least 4 members (excludes halogenated alkanes) is 1. The molecule has 0 aliphatic heterocycles. The topological polar surface area (TPSA) is 46.2 Å². The van der Waals surface area contributed by atoms with Gasteiger partial charge in [0.15, 0.2) is 0 Å². The predicted octanol–water partition coefficient (Wildman–Crippen LogP) is 2.89. The van der Waals surface area contributed by atoms with Gasteiger partial charge in [-0.3, -0.25) is 0 Å². The molecule has 1 saturated carbocycles. The average molecular weight is 282 g/mol. The van der Waals surface area contributed by atoms with Crippen LogP contribution in [0.25, 0.3) is 0 Å². The molecule has 1 fully saturated rings. The van der Waals surface area contributed by atoms with E-state index in [1.807, 2.05) is 0 Å². The van der Waals surface area contributed by atoms with Crippen molar-refractivity contribution in [2.24, 2.45) is 5.41 Å². The molecule has 5 heteroatoms. The Labute approximate surface area is 110 Å². The SMILES string of the molecule is CC1(C)CCCC(NS(=O)(=O)CCCCCl)C1. The van der Waals surface area contributed by atoms with Crippen molar-refractivity contribution in [3.8, 4) is 0 Å². The monoisotopic (exact) mass is 281 g/mol. The molecular weight excluding hydrogens is 258 g/mol. The minimum atomic E-state index is -3.11. The predicted molar refractivity (Wildman–Crippen MR) is 72.9 cm³/mol. The van der Waals surface area contributed by atoms with Gasteiger partial charge in [0.25, 0.3) is 0 Å². The molecule has 1 N–H and O–H groups in total. The van der Waals surface area contributed by atoms with Crippen LogP contribution in [0.1, 0.15) is 52.4 Å². The summed E-state index contributed by atoms with van der Waals surface area (Å²) in [5, 5.41) is 0. The van der Waals surface area contributed by atoms with Crippen LogP contribution in [0.3, 0.4) is 0 Å². The van der Waals surface area contributed by atoms with Crippen molar-refractivity contribution in [1.82, 2.24) is 4.72 Å². The fourth-order valence-corrected chi connectivity index (χ4v) is 4.10. The molecule has 1 unspecified atom stereocenters. The summed E-state index contributed by atoms with van der Waals surface area (Å²) in [5.74, 6) is 0.739. The van der Waals surface area contributed by atoms with Crippen LogP contribution in [0, 0.1) is 5.41 Å². The van der Waals surface area contributed by atoms with E-state index in [0.717, 1.165) is 25.7 Å². The van der Waals surface area contributed by atoms with Crippen LogP contribution in [0.15, 0.2) is 0 Å². The number of hydrogen-bond donors (Lipinski definition) is 1. The lowest BCUT2D eigenvalue weighted by molar-refractivity contribution is 0.212. The fourth-order valence-electron chi connectivity index (χ4n) is 2.50. The Morgan fingerprint density at radius 1 is 1.35 bits per heavy atom. The van der Waals surface area contributed by atoms with Crippen molar-refractivity contribution in [3.05, 3.63) is 0 Å². The van der Waals surface area contributed by atoms with Crippen LogP contribution in [-0.4, -0.2) is 26.1 Å². The van der Waals surface area contributed by atoms with E-state index in [2.05, 4.69) is 18.6 Å². The van der Waals surface area contributed by atoms with E-state index >= 15 is 0 Å². The first-order chi connectivity index (χ1) is 7.85. The molecule has 1 aliphatic carbocycles. The molecule has 0 heterocycles. The lowest BCUT2D eigenvalue weighted by Gasteiger charge is -2.35. The van der Waals surface area contributed by atoms with Gasteiger partial charge >= 0.3 is 0 Å². The minimum Gasteiger partial charge on any atom is -0.212 e. The highest BCUT2D eigenvalue weighted by molar-refractivity contribution is 7.89. The van der Waals surface area contributed by atoms with Crippen LogP contribution in [0.4, 0.5) is 0 Å². The van der Waals surface area contributed by atoms with Crippen molar-refractivity contribution in [2.75, 3.05) is 11.6 Å². The number of nitrogens with one attached hydrogen (secondary N) is 1. The third kappa shape index (κ3) is 6.07. The highest BCUT2D eigenvalue weighted by Gasteiger charge is 2.30. The Bertz CT molecular complexity index is 327. The van der Waals surface area contributed by atoms with E-state index in [1.54, 1.807) is 0 Å². The molecule has 0 aromatic heterocycles. The van der Waals surface area contributed by atoms with Gasteiger partial charge in [-0.1, -0.05) is 20.3 Å². The Morgan fingerprint density at radius 3 is 2.65 bits per heavy atom. The lowest BCUT2D eigenvalue weighted by Crippen LogP contribution is -2.41. The Morgan fingerprint density at radius 2 is 2.06 bits per heavy atom. The third-order valence-corrected chi connectivity index (χ3v) is 5.13. The van der Waals surface area contributed by atoms with Crippen LogP contribution >= 0.6 is 11.6 Å². The highest BCUT2D eigenvalue weighted by Crippen LogP contribution is 2.35. The van der Waals surface area contributed by atoms with Crippen molar-refractivity contribution >= 4 is 21.6 Å². The summed E-state index contributed by atoms with van der Waals surface area (Å²) in [4.78, 5) is 0. The van der Waals surface area contributed by atoms with Crippen LogP contribution < -0.4 is 4.72 Å². The number of rotatable bonds is 6. The summed E-state index contributed by atoms with van der Waals surface area (Å²) in [7, 11) is -3.11. The first-order valence-corrected chi connectivity index (χ1v) is 8.59. The van der Waals surface area contributed by atoms with Crippen molar-refractivity contribution < 1.29 is 8.42 Å². The molecule has 0 aromatic rings. The quantitative estimate of drug-likeness (QED) is 0.601. The van der Waals surface area contributed by atoms with Gasteiger partial charge < -0.3 is 0 Å². The number of halogens is 1. The first kappa shape index (κ1) is 15.3. The van der Waals surface area contributed by atoms with Gasteiger partial charge in [0, 0.05) is 11.9 Å². The van der Waals surface area contributed by atoms with Gasteiger partial charge in [0.1, 0.15) is 0 Å². The Kier molecular flexibility index (Phi) is 5.74. The zero-order valence-electron chi connectivity index (χ0n) is 10.8. The van der Waals surface area contributed by atoms with Gasteiger partial charge in [-0.15, -0.1) is 11.6 Å². The molecule has 1 rings (SSSR count). The minimum absolute atomic E-state index is 0.125. The Balaban J connectivity index is 2.41. The molecule has 1 aliphatic rings. The third-order valence-electron chi connectivity index (χ3n) is 3.35. The van der Waals surface area contributed by atoms with E-state index in [4.69, 9.17) is 11.6 Å². The maximum absolute atomic E-state index is 11.8. The maximum atomic E-state index is 11.8. The second-order valence-corrected chi connectivity index (χ2v) is 8.04. The summed E-state index contributed by atoms with van der Waals surface area (Å²) in [6.07, 6.45) is 5.63. The van der Waals surface area contributed by atoms with E-state index < -0.39 is 10.0 Å². The van der Waals surface area contributed by atoms with Gasteiger partial charge in [-0.05, 0) is 37.5 Å². The van der Waals surface area contributed by atoms with E-state index in [9.17, 15) is 8.42 Å². The van der Waals surface area contributed by atoms with Gasteiger partial charge in [0.05, 0.1) is 5.75 Å². The molecular formula is C12H24ClNO2S. The molecule has 0 spiro atoms. The molecule has 1 atom stereocenters. The first-order valence-electron chi connectivity index (χ1n) is 6.41. The maximum Gasteiger partial charge on any atom is 0.211 e. The second kappa shape index (κ2) is 6.39. The highest BCUT2D eigenvalue weighted by atomic mass is 35.5. The summed E-state index contributed by atoms with van der Waals surface area (Å²) < 4.78 is 26.5. The van der Waals surface area contributed by atoms with Crippen molar-refractivity contribution in [1.29, 1.82) is 0 Å². The fraction of sp³-hybridized carbons (Fsp3) is 1.00. The molecule has 0 bridgehead atoms. The largest absolute Gasteiger partial charge is 0.212 e. The molecule has 17 heavy (non-hydrogen) atoms. The number of hydrogen-bond acceptors (Lipinski definition) is 2. The number of sulfonamides is 1. The summed E-state index contributed by atoms with van der Waals surface area (Å²) >= 11 is 5.54. The van der Waals surface area contributed by atoms with Gasteiger partial charge in [-0.2, -0.15) is 0 Å². The zero-order valence-corrected chi connectivity index (χ0v) is 12.4. The lowest BCUT2D eigenvalue weighted by atomic mass is 9.75. The molecule has 0 aromatic carbocycles. The average Bonchev–Trinajstić information content (AvgIpc) is 2.15. The molecule has 0 radical (unpaired) electrons. The van der Waals surface area contributed by atoms with Crippen LogP contribution in [0.2, 0.25) is 0 Å². The van der Waals surface area contributed by atoms with Gasteiger partial charge in [0.2, 0.25) is 10.0 Å². The van der Waals surface area contributed by atoms with E-state index in [-0.39, 0.29) is 17.2 Å².